The molecular weight excluding hydrogens is 515 g/mol. The summed E-state index contributed by atoms with van der Waals surface area (Å²) in [6.07, 6.45) is 12.2. The highest BCUT2D eigenvalue weighted by Gasteiger charge is 2.34. The molecule has 39 heavy (non-hydrogen) atoms. The molecule has 2 fully saturated rings. The largest absolute Gasteiger partial charge is 0.573 e. The van der Waals surface area contributed by atoms with Crippen molar-refractivity contribution in [2.75, 3.05) is 0 Å². The van der Waals surface area contributed by atoms with E-state index in [1.165, 1.54) is 76.3 Å². The molecule has 0 heterocycles. The number of ether oxygens (including phenoxy) is 2. The van der Waals surface area contributed by atoms with E-state index in [1.54, 1.807) is 12.1 Å². The van der Waals surface area contributed by atoms with Crippen molar-refractivity contribution in [2.45, 2.75) is 77.5 Å². The molecule has 0 aromatic heterocycles. The number of hydrogen-bond acceptors (Lipinski definition) is 3. The third-order valence-corrected chi connectivity index (χ3v) is 8.18. The first-order valence-corrected chi connectivity index (χ1v) is 13.9. The average molecular weight is 551 g/mol. The second kappa shape index (κ2) is 13.0. The number of benzene rings is 2. The van der Waals surface area contributed by atoms with Crippen molar-refractivity contribution in [2.24, 2.45) is 23.7 Å². The highest BCUT2D eigenvalue weighted by atomic mass is 19.4. The number of alkyl halides is 3. The van der Waals surface area contributed by atoms with Gasteiger partial charge in [-0.05, 0) is 79.9 Å². The fraction of sp³-hybridized carbons (Fsp3) is 0.516. The lowest BCUT2D eigenvalue weighted by Gasteiger charge is -2.37. The minimum atomic E-state index is -5.26. The lowest BCUT2D eigenvalue weighted by molar-refractivity contribution is -0.276. The number of esters is 1. The van der Waals surface area contributed by atoms with Gasteiger partial charge in [-0.3, -0.25) is 0 Å². The molecule has 0 atom stereocenters. The fourth-order valence-corrected chi connectivity index (χ4v) is 6.12. The van der Waals surface area contributed by atoms with E-state index >= 15 is 0 Å². The van der Waals surface area contributed by atoms with Gasteiger partial charge in [0.1, 0.15) is 5.75 Å². The minimum absolute atomic E-state index is 0.137. The molecule has 0 spiro atoms. The summed E-state index contributed by atoms with van der Waals surface area (Å²) >= 11 is 0. The van der Waals surface area contributed by atoms with Gasteiger partial charge >= 0.3 is 12.3 Å². The van der Waals surface area contributed by atoms with E-state index in [-0.39, 0.29) is 5.56 Å². The molecule has 0 radical (unpaired) electrons. The number of hydrogen-bond donors (Lipinski definition) is 0. The van der Waals surface area contributed by atoms with E-state index in [1.807, 2.05) is 6.08 Å². The Bertz CT molecular complexity index is 1100. The zero-order valence-electron chi connectivity index (χ0n) is 22.1. The molecule has 0 N–H and O–H groups in total. The Kier molecular flexibility index (Phi) is 9.67. The van der Waals surface area contributed by atoms with Crippen molar-refractivity contribution < 1.29 is 36.2 Å². The maximum Gasteiger partial charge on any atom is 0.573 e. The molecule has 0 saturated heterocycles. The second-order valence-electron chi connectivity index (χ2n) is 10.9. The van der Waals surface area contributed by atoms with Gasteiger partial charge in [-0.2, -0.15) is 0 Å². The molecule has 4 rings (SSSR count). The first-order valence-electron chi connectivity index (χ1n) is 13.9. The van der Waals surface area contributed by atoms with Crippen LogP contribution in [0.2, 0.25) is 0 Å². The van der Waals surface area contributed by atoms with Crippen LogP contribution in [-0.4, -0.2) is 12.3 Å². The van der Waals surface area contributed by atoms with Gasteiger partial charge in [0.15, 0.2) is 11.6 Å². The van der Waals surface area contributed by atoms with Crippen molar-refractivity contribution in [3.63, 3.8) is 0 Å². The predicted octanol–water partition coefficient (Wildman–Crippen LogP) is 9.51. The molecule has 2 aliphatic rings. The zero-order chi connectivity index (χ0) is 28.0. The van der Waals surface area contributed by atoms with Crippen LogP contribution in [0.25, 0.3) is 6.08 Å². The van der Waals surface area contributed by atoms with Gasteiger partial charge in [0.25, 0.3) is 0 Å². The summed E-state index contributed by atoms with van der Waals surface area (Å²) < 4.78 is 72.9. The van der Waals surface area contributed by atoms with Crippen LogP contribution in [-0.2, 0) is 0 Å². The average Bonchev–Trinajstić information content (AvgIpc) is 2.90. The molecule has 2 aromatic rings. The van der Waals surface area contributed by atoms with E-state index in [0.29, 0.717) is 18.1 Å². The molecule has 2 aromatic carbocycles. The topological polar surface area (TPSA) is 35.5 Å². The Labute approximate surface area is 226 Å². The maximum absolute atomic E-state index is 13.9. The van der Waals surface area contributed by atoms with Crippen LogP contribution in [0.3, 0.4) is 0 Å². The number of carbonyl (C=O) groups is 1. The summed E-state index contributed by atoms with van der Waals surface area (Å²) in [5.74, 6) is -3.11. The zero-order valence-corrected chi connectivity index (χ0v) is 22.1. The molecule has 2 aliphatic carbocycles. The first-order chi connectivity index (χ1) is 18.6. The summed E-state index contributed by atoms with van der Waals surface area (Å²) in [5.41, 5.74) is 1.05. The van der Waals surface area contributed by atoms with Crippen molar-refractivity contribution >= 4 is 12.0 Å². The van der Waals surface area contributed by atoms with E-state index in [4.69, 9.17) is 4.74 Å². The molecule has 212 valence electrons. The first kappa shape index (κ1) is 29.1. The molecule has 0 bridgehead atoms. The molecule has 8 heteroatoms. The Morgan fingerprint density at radius 1 is 0.897 bits per heavy atom. The monoisotopic (exact) mass is 550 g/mol. The SMILES string of the molecule is CCCC1CCC(C2CCC(C=Cc3ccc(C(=O)Oc4cc(F)c(OC(F)(F)F)c(F)c4)cc3)CC2)CC1. The molecular formula is C31H35F5O3. The van der Waals surface area contributed by atoms with Crippen molar-refractivity contribution in [3.8, 4) is 11.5 Å². The van der Waals surface area contributed by atoms with Crippen LogP contribution >= 0.6 is 0 Å². The summed E-state index contributed by atoms with van der Waals surface area (Å²) in [6, 6.07) is 7.48. The lowest BCUT2D eigenvalue weighted by Crippen LogP contribution is -2.25. The molecule has 0 unspecified atom stereocenters. The van der Waals surface area contributed by atoms with Crippen LogP contribution in [0.4, 0.5) is 22.0 Å². The Morgan fingerprint density at radius 2 is 1.46 bits per heavy atom. The van der Waals surface area contributed by atoms with E-state index in [9.17, 15) is 26.7 Å². The van der Waals surface area contributed by atoms with Gasteiger partial charge in [-0.1, -0.05) is 56.9 Å². The molecule has 0 amide bonds. The van der Waals surface area contributed by atoms with Gasteiger partial charge in [-0.15, -0.1) is 13.2 Å². The van der Waals surface area contributed by atoms with Gasteiger partial charge in [0, 0.05) is 12.1 Å². The minimum Gasteiger partial charge on any atom is -0.423 e. The summed E-state index contributed by atoms with van der Waals surface area (Å²) in [4.78, 5) is 12.4. The summed E-state index contributed by atoms with van der Waals surface area (Å²) in [6.45, 7) is 2.28. The molecule has 2 saturated carbocycles. The van der Waals surface area contributed by atoms with Crippen LogP contribution in [0.1, 0.15) is 87.1 Å². The lowest BCUT2D eigenvalue weighted by atomic mass is 9.68. The Morgan fingerprint density at radius 3 is 2.00 bits per heavy atom. The van der Waals surface area contributed by atoms with Crippen molar-refractivity contribution in [1.82, 2.24) is 0 Å². The smallest absolute Gasteiger partial charge is 0.423 e. The predicted molar refractivity (Wildman–Crippen MR) is 139 cm³/mol. The quantitative estimate of drug-likeness (QED) is 0.187. The second-order valence-corrected chi connectivity index (χ2v) is 10.9. The van der Waals surface area contributed by atoms with Crippen molar-refractivity contribution in [1.29, 1.82) is 0 Å². The normalized spacial score (nSPS) is 24.1. The van der Waals surface area contributed by atoms with E-state index in [2.05, 4.69) is 17.7 Å². The third kappa shape index (κ3) is 8.29. The fourth-order valence-electron chi connectivity index (χ4n) is 6.12. The van der Waals surface area contributed by atoms with Gasteiger partial charge in [0.05, 0.1) is 5.56 Å². The van der Waals surface area contributed by atoms with Gasteiger partial charge < -0.3 is 9.47 Å². The van der Waals surface area contributed by atoms with E-state index in [0.717, 1.165) is 23.3 Å². The van der Waals surface area contributed by atoms with Crippen LogP contribution in [0.5, 0.6) is 11.5 Å². The Balaban J connectivity index is 1.26. The third-order valence-electron chi connectivity index (χ3n) is 8.18. The summed E-state index contributed by atoms with van der Waals surface area (Å²) in [7, 11) is 0. The molecule has 0 aliphatic heterocycles. The van der Waals surface area contributed by atoms with Gasteiger partial charge in [-0.25, -0.2) is 13.6 Å². The number of allylic oxidation sites excluding steroid dienone is 1. The van der Waals surface area contributed by atoms with Crippen LogP contribution in [0.15, 0.2) is 42.5 Å². The van der Waals surface area contributed by atoms with Gasteiger partial charge in [0.2, 0.25) is 5.75 Å². The maximum atomic E-state index is 13.9. The highest BCUT2D eigenvalue weighted by molar-refractivity contribution is 5.91. The Hall–Kier alpha value is -2.90. The summed E-state index contributed by atoms with van der Waals surface area (Å²) in [5, 5.41) is 0. The standard InChI is InChI=1S/C31H35F5O3/c1-2-3-20-6-12-23(13-7-20)24-14-8-21(9-15-24)4-5-22-10-16-25(17-11-22)30(37)38-26-18-27(32)29(28(33)19-26)39-31(34,35)36/h4-5,10-11,16-21,23-24H,2-3,6-9,12-15H2,1H3. The number of rotatable bonds is 8. The van der Waals surface area contributed by atoms with Crippen LogP contribution < -0.4 is 9.47 Å². The number of carbonyl (C=O) groups excluding carboxylic acids is 1. The van der Waals surface area contributed by atoms with Crippen molar-refractivity contribution in [3.05, 3.63) is 65.2 Å². The van der Waals surface area contributed by atoms with E-state index < -0.39 is 35.5 Å². The number of halogens is 5. The highest BCUT2D eigenvalue weighted by Crippen LogP contribution is 2.42. The van der Waals surface area contributed by atoms with Crippen LogP contribution in [0, 0.1) is 35.3 Å². The molecule has 3 nitrogen and oxygen atoms in total.